The van der Waals surface area contributed by atoms with E-state index in [-0.39, 0.29) is 29.7 Å². The number of amides is 2. The highest BCUT2D eigenvalue weighted by atomic mass is 32.2. The number of nitrogens with one attached hydrogen (secondary N) is 1. The van der Waals surface area contributed by atoms with E-state index in [4.69, 9.17) is 9.47 Å². The van der Waals surface area contributed by atoms with Crippen molar-refractivity contribution in [2.24, 2.45) is 0 Å². The van der Waals surface area contributed by atoms with Gasteiger partial charge in [0, 0.05) is 12.5 Å². The zero-order valence-corrected chi connectivity index (χ0v) is 17.6. The third kappa shape index (κ3) is 4.99. The van der Waals surface area contributed by atoms with Crippen molar-refractivity contribution in [1.29, 1.82) is 0 Å². The number of nitrogens with zero attached hydrogens (tertiary/aromatic N) is 3. The molecule has 1 aliphatic heterocycles. The lowest BCUT2D eigenvalue weighted by Crippen LogP contribution is -2.41. The van der Waals surface area contributed by atoms with Crippen LogP contribution in [0.5, 0.6) is 11.5 Å². The fourth-order valence-electron chi connectivity index (χ4n) is 2.90. The molecular weight excluding hydrogens is 412 g/mol. The average Bonchev–Trinajstić information content (AvgIpc) is 3.47. The average molecular weight is 435 g/mol. The molecule has 1 atom stereocenters. The molecule has 2 aliphatic rings. The van der Waals surface area contributed by atoms with Crippen LogP contribution in [0.25, 0.3) is 0 Å². The zero-order valence-electron chi connectivity index (χ0n) is 16.0. The molecule has 10 heteroatoms. The summed E-state index contributed by atoms with van der Waals surface area (Å²) in [5, 5.41) is 11.8. The third-order valence-electron chi connectivity index (χ3n) is 4.51. The van der Waals surface area contributed by atoms with Crippen LogP contribution in [0.1, 0.15) is 26.2 Å². The number of benzene rings is 1. The first-order valence-corrected chi connectivity index (χ1v) is 11.4. The van der Waals surface area contributed by atoms with Gasteiger partial charge in [-0.15, -0.1) is 10.2 Å². The lowest BCUT2D eigenvalue weighted by Gasteiger charge is -2.26. The van der Waals surface area contributed by atoms with Gasteiger partial charge in [-0.2, -0.15) is 0 Å². The van der Waals surface area contributed by atoms with Crippen LogP contribution in [0.15, 0.2) is 28.6 Å². The van der Waals surface area contributed by atoms with Crippen molar-refractivity contribution < 1.29 is 19.1 Å². The molecule has 1 N–H and O–H groups in total. The summed E-state index contributed by atoms with van der Waals surface area (Å²) in [4.78, 5) is 26.1. The SMILES string of the molecule is CCC(=O)N(c1nnc(SCC(=O)NC[C@H]2COc3ccccc3O2)s1)C1CC1. The fraction of sp³-hybridized carbons (Fsp3) is 0.474. The lowest BCUT2D eigenvalue weighted by atomic mass is 10.2. The Bertz CT molecular complexity index is 887. The van der Waals surface area contributed by atoms with E-state index in [1.807, 2.05) is 31.2 Å². The molecule has 154 valence electrons. The van der Waals surface area contributed by atoms with Gasteiger partial charge in [0.05, 0.1) is 12.3 Å². The number of aromatic nitrogens is 2. The number of rotatable bonds is 8. The summed E-state index contributed by atoms with van der Waals surface area (Å²) in [7, 11) is 0. The van der Waals surface area contributed by atoms with E-state index in [0.717, 1.165) is 18.6 Å². The second kappa shape index (κ2) is 9.00. The number of hydrogen-bond acceptors (Lipinski definition) is 8. The molecule has 1 fully saturated rings. The molecule has 0 saturated heterocycles. The third-order valence-corrected chi connectivity index (χ3v) is 6.56. The number of para-hydroxylation sites is 2. The van der Waals surface area contributed by atoms with Crippen LogP contribution in [0, 0.1) is 0 Å². The van der Waals surface area contributed by atoms with Gasteiger partial charge in [0.25, 0.3) is 0 Å². The first-order chi connectivity index (χ1) is 14.1. The van der Waals surface area contributed by atoms with E-state index in [9.17, 15) is 9.59 Å². The van der Waals surface area contributed by atoms with Gasteiger partial charge in [0.2, 0.25) is 16.9 Å². The Morgan fingerprint density at radius 3 is 2.83 bits per heavy atom. The van der Waals surface area contributed by atoms with E-state index in [2.05, 4.69) is 15.5 Å². The molecule has 2 amide bonds. The maximum atomic E-state index is 12.2. The van der Waals surface area contributed by atoms with E-state index in [1.165, 1.54) is 23.1 Å². The molecule has 1 aromatic carbocycles. The highest BCUT2D eigenvalue weighted by Crippen LogP contribution is 2.36. The minimum absolute atomic E-state index is 0.0641. The maximum absolute atomic E-state index is 12.2. The van der Waals surface area contributed by atoms with Gasteiger partial charge in [-0.25, -0.2) is 0 Å². The van der Waals surface area contributed by atoms with Crippen molar-refractivity contribution in [3.05, 3.63) is 24.3 Å². The van der Waals surface area contributed by atoms with Crippen molar-refractivity contribution in [2.45, 2.75) is 42.7 Å². The van der Waals surface area contributed by atoms with Crippen molar-refractivity contribution >= 4 is 40.0 Å². The molecule has 8 nitrogen and oxygen atoms in total. The highest BCUT2D eigenvalue weighted by Gasteiger charge is 2.35. The minimum atomic E-state index is -0.223. The predicted molar refractivity (Wildman–Crippen MR) is 111 cm³/mol. The number of carbonyl (C=O) groups is 2. The number of thioether (sulfide) groups is 1. The van der Waals surface area contributed by atoms with Crippen molar-refractivity contribution in [1.82, 2.24) is 15.5 Å². The molecule has 2 aromatic rings. The Kier molecular flexibility index (Phi) is 6.19. The quantitative estimate of drug-likeness (QED) is 0.504. The molecule has 1 aromatic heterocycles. The Morgan fingerprint density at radius 1 is 1.28 bits per heavy atom. The van der Waals surface area contributed by atoms with E-state index < -0.39 is 0 Å². The smallest absolute Gasteiger partial charge is 0.230 e. The van der Waals surface area contributed by atoms with Gasteiger partial charge in [0.15, 0.2) is 15.8 Å². The first kappa shape index (κ1) is 20.0. The van der Waals surface area contributed by atoms with Crippen LogP contribution >= 0.6 is 23.1 Å². The first-order valence-electron chi connectivity index (χ1n) is 9.57. The Hall–Kier alpha value is -2.33. The summed E-state index contributed by atoms with van der Waals surface area (Å²) in [6.45, 7) is 2.61. The molecule has 1 saturated carbocycles. The Morgan fingerprint density at radius 2 is 2.07 bits per heavy atom. The molecule has 1 aliphatic carbocycles. The standard InChI is InChI=1S/C19H22N4O4S2/c1-2-17(25)23(12-7-8-12)18-21-22-19(29-18)28-11-16(24)20-9-13-10-26-14-5-3-4-6-15(14)27-13/h3-6,12-13H,2,7-11H2,1H3,(H,20,24)/t13-/m0/s1. The second-order valence-electron chi connectivity index (χ2n) is 6.79. The zero-order chi connectivity index (χ0) is 20.2. The summed E-state index contributed by atoms with van der Waals surface area (Å²) < 4.78 is 12.2. The maximum Gasteiger partial charge on any atom is 0.230 e. The lowest BCUT2D eigenvalue weighted by molar-refractivity contribution is -0.119. The van der Waals surface area contributed by atoms with Gasteiger partial charge in [-0.3, -0.25) is 14.5 Å². The van der Waals surface area contributed by atoms with Gasteiger partial charge >= 0.3 is 0 Å². The van der Waals surface area contributed by atoms with Gasteiger partial charge < -0.3 is 14.8 Å². The Labute approximate surface area is 177 Å². The molecule has 0 spiro atoms. The van der Waals surface area contributed by atoms with Crippen LogP contribution in [-0.4, -0.2) is 53.1 Å². The van der Waals surface area contributed by atoms with Crippen LogP contribution in [0.2, 0.25) is 0 Å². The molecule has 0 radical (unpaired) electrons. The summed E-state index contributed by atoms with van der Waals surface area (Å²) >= 11 is 2.67. The number of anilines is 1. The topological polar surface area (TPSA) is 93.7 Å². The molecule has 0 unspecified atom stereocenters. The highest BCUT2D eigenvalue weighted by molar-refractivity contribution is 8.01. The van der Waals surface area contributed by atoms with E-state index >= 15 is 0 Å². The predicted octanol–water partition coefficient (Wildman–Crippen LogP) is 2.49. The number of hydrogen-bond donors (Lipinski definition) is 1. The molecule has 4 rings (SSSR count). The number of ether oxygens (including phenoxy) is 2. The minimum Gasteiger partial charge on any atom is -0.486 e. The summed E-state index contributed by atoms with van der Waals surface area (Å²) in [6.07, 6.45) is 2.23. The number of carbonyl (C=O) groups excluding carboxylic acids is 2. The molecule has 2 heterocycles. The molecule has 0 bridgehead atoms. The van der Waals surface area contributed by atoms with Crippen LogP contribution in [0.4, 0.5) is 5.13 Å². The largest absolute Gasteiger partial charge is 0.486 e. The molecule has 29 heavy (non-hydrogen) atoms. The summed E-state index contributed by atoms with van der Waals surface area (Å²) in [6, 6.07) is 7.73. The van der Waals surface area contributed by atoms with Gasteiger partial charge in [-0.05, 0) is 25.0 Å². The van der Waals surface area contributed by atoms with E-state index in [1.54, 1.807) is 4.90 Å². The normalized spacial score (nSPS) is 17.6. The number of fused-ring (bicyclic) bond motifs is 1. The van der Waals surface area contributed by atoms with Crippen molar-refractivity contribution in [2.75, 3.05) is 23.8 Å². The fourth-order valence-corrected chi connectivity index (χ4v) is 4.66. The van der Waals surface area contributed by atoms with Gasteiger partial charge in [0.1, 0.15) is 12.7 Å². The van der Waals surface area contributed by atoms with E-state index in [0.29, 0.717) is 34.8 Å². The summed E-state index contributed by atoms with van der Waals surface area (Å²) in [5.41, 5.74) is 0. The van der Waals surface area contributed by atoms with Crippen LogP contribution in [0.3, 0.4) is 0 Å². The monoisotopic (exact) mass is 434 g/mol. The van der Waals surface area contributed by atoms with Crippen molar-refractivity contribution in [3.8, 4) is 11.5 Å². The second-order valence-corrected chi connectivity index (χ2v) is 8.97. The van der Waals surface area contributed by atoms with Crippen LogP contribution in [-0.2, 0) is 9.59 Å². The summed E-state index contributed by atoms with van der Waals surface area (Å²) in [5.74, 6) is 1.59. The van der Waals surface area contributed by atoms with Crippen LogP contribution < -0.4 is 19.7 Å². The van der Waals surface area contributed by atoms with Crippen molar-refractivity contribution in [3.63, 3.8) is 0 Å². The Balaban J connectivity index is 1.23. The molecular formula is C19H22N4O4S2. The van der Waals surface area contributed by atoms with Gasteiger partial charge in [-0.1, -0.05) is 42.2 Å².